The molecule has 0 heterocycles. The van der Waals surface area contributed by atoms with Crippen molar-refractivity contribution in [1.29, 1.82) is 0 Å². The Labute approximate surface area is 125 Å². The van der Waals surface area contributed by atoms with Crippen molar-refractivity contribution >= 4 is 5.91 Å². The summed E-state index contributed by atoms with van der Waals surface area (Å²) in [4.78, 5) is 13.5. The van der Waals surface area contributed by atoms with Gasteiger partial charge in [-0.2, -0.15) is 0 Å². The third-order valence-electron chi connectivity index (χ3n) is 2.95. The summed E-state index contributed by atoms with van der Waals surface area (Å²) in [6.45, 7) is 3.32. The number of carbonyl (C=O) groups is 1. The van der Waals surface area contributed by atoms with E-state index < -0.39 is 0 Å². The Hall–Kier alpha value is -1.90. The van der Waals surface area contributed by atoms with Gasteiger partial charge in [-0.05, 0) is 30.7 Å². The minimum atomic E-state index is -0.366. The van der Waals surface area contributed by atoms with Crippen molar-refractivity contribution in [2.45, 2.75) is 19.9 Å². The summed E-state index contributed by atoms with van der Waals surface area (Å²) in [6, 6.07) is 4.40. The van der Waals surface area contributed by atoms with Gasteiger partial charge in [0, 0.05) is 19.2 Å². The maximum absolute atomic E-state index is 13.3. The zero-order valence-corrected chi connectivity index (χ0v) is 12.4. The molecule has 0 spiro atoms. The van der Waals surface area contributed by atoms with E-state index in [0.29, 0.717) is 12.1 Å². The lowest BCUT2D eigenvalue weighted by molar-refractivity contribution is -0.121. The van der Waals surface area contributed by atoms with Crippen LogP contribution in [0.15, 0.2) is 18.2 Å². The van der Waals surface area contributed by atoms with E-state index in [1.54, 1.807) is 13.1 Å². The van der Waals surface area contributed by atoms with E-state index in [2.05, 4.69) is 17.2 Å². The lowest BCUT2D eigenvalue weighted by atomic mass is 10.1. The van der Waals surface area contributed by atoms with E-state index in [4.69, 9.17) is 5.11 Å². The summed E-state index contributed by atoms with van der Waals surface area (Å²) in [7, 11) is 1.60. The van der Waals surface area contributed by atoms with Gasteiger partial charge in [-0.25, -0.2) is 4.39 Å². The number of benzene rings is 1. The van der Waals surface area contributed by atoms with Crippen molar-refractivity contribution in [3.8, 4) is 11.8 Å². The maximum atomic E-state index is 13.3. The highest BCUT2D eigenvalue weighted by Gasteiger charge is 2.12. The summed E-state index contributed by atoms with van der Waals surface area (Å²) in [5, 5.41) is 11.4. The van der Waals surface area contributed by atoms with Crippen LogP contribution in [-0.4, -0.2) is 42.7 Å². The minimum Gasteiger partial charge on any atom is -0.384 e. The Morgan fingerprint density at radius 1 is 1.48 bits per heavy atom. The predicted octanol–water partition coefficient (Wildman–Crippen LogP) is 1.13. The van der Waals surface area contributed by atoms with E-state index in [0.717, 1.165) is 18.5 Å². The van der Waals surface area contributed by atoms with Crippen LogP contribution in [0.25, 0.3) is 0 Å². The monoisotopic (exact) mass is 292 g/mol. The summed E-state index contributed by atoms with van der Waals surface area (Å²) in [5.74, 6) is 4.85. The van der Waals surface area contributed by atoms with Crippen molar-refractivity contribution < 1.29 is 14.3 Å². The lowest BCUT2D eigenvalue weighted by Gasteiger charge is -2.21. The first-order valence-corrected chi connectivity index (χ1v) is 6.91. The van der Waals surface area contributed by atoms with Gasteiger partial charge in [-0.1, -0.05) is 24.8 Å². The fourth-order valence-electron chi connectivity index (χ4n) is 1.99. The molecule has 1 amide bonds. The highest BCUT2D eigenvalue weighted by atomic mass is 19.1. The van der Waals surface area contributed by atoms with Gasteiger partial charge in [0.2, 0.25) is 5.91 Å². The largest absolute Gasteiger partial charge is 0.384 e. The normalized spacial score (nSPS) is 10.1. The number of likely N-dealkylation sites (N-methyl/N-ethyl adjacent to an activating group) is 1. The molecule has 0 fully saturated rings. The Kier molecular flexibility index (Phi) is 7.44. The molecular formula is C16H21FN2O2. The molecule has 21 heavy (non-hydrogen) atoms. The molecule has 5 heteroatoms. The molecule has 0 saturated heterocycles. The van der Waals surface area contributed by atoms with Crippen molar-refractivity contribution in [2.75, 3.05) is 26.7 Å². The van der Waals surface area contributed by atoms with Crippen molar-refractivity contribution in [1.82, 2.24) is 10.2 Å². The van der Waals surface area contributed by atoms with Crippen LogP contribution in [0.2, 0.25) is 0 Å². The quantitative estimate of drug-likeness (QED) is 0.773. The van der Waals surface area contributed by atoms with Gasteiger partial charge in [-0.15, -0.1) is 0 Å². The van der Waals surface area contributed by atoms with E-state index >= 15 is 0 Å². The third kappa shape index (κ3) is 5.94. The molecule has 0 aliphatic rings. The number of halogens is 1. The van der Waals surface area contributed by atoms with E-state index in [9.17, 15) is 9.18 Å². The fourth-order valence-corrected chi connectivity index (χ4v) is 1.99. The van der Waals surface area contributed by atoms with Crippen molar-refractivity contribution in [3.05, 3.63) is 35.1 Å². The second kappa shape index (κ2) is 9.11. The molecule has 0 unspecified atom stereocenters. The first kappa shape index (κ1) is 17.2. The molecule has 0 aromatic heterocycles. The van der Waals surface area contributed by atoms with Crippen LogP contribution in [0.1, 0.15) is 24.5 Å². The molecule has 1 aromatic carbocycles. The number of nitrogens with zero attached hydrogens (tertiary/aromatic N) is 1. The molecule has 2 N–H and O–H groups in total. The topological polar surface area (TPSA) is 52.6 Å². The molecule has 0 bridgehead atoms. The van der Waals surface area contributed by atoms with Crippen molar-refractivity contribution in [3.63, 3.8) is 0 Å². The molecule has 0 saturated carbocycles. The average molecular weight is 292 g/mol. The maximum Gasteiger partial charge on any atom is 0.233 e. The third-order valence-corrected chi connectivity index (χ3v) is 2.95. The van der Waals surface area contributed by atoms with E-state index in [-0.39, 0.29) is 24.9 Å². The second-order valence-electron chi connectivity index (χ2n) is 4.65. The predicted molar refractivity (Wildman–Crippen MR) is 80.0 cm³/mol. The highest BCUT2D eigenvalue weighted by molar-refractivity contribution is 5.77. The molecule has 0 radical (unpaired) electrons. The molecule has 0 aliphatic heterocycles. The van der Waals surface area contributed by atoms with E-state index in [1.807, 2.05) is 11.8 Å². The molecule has 1 rings (SSSR count). The first-order valence-electron chi connectivity index (χ1n) is 6.91. The van der Waals surface area contributed by atoms with Crippen molar-refractivity contribution in [2.24, 2.45) is 0 Å². The SMILES string of the molecule is CCCN(CC(=O)NC)Cc1ccc(F)cc1C#CCO. The van der Waals surface area contributed by atoms with Crippen LogP contribution < -0.4 is 5.32 Å². The zero-order chi connectivity index (χ0) is 15.7. The summed E-state index contributed by atoms with van der Waals surface area (Å²) < 4.78 is 13.3. The number of hydrogen-bond donors (Lipinski definition) is 2. The van der Waals surface area contributed by atoms with Gasteiger partial charge in [-0.3, -0.25) is 9.69 Å². The van der Waals surface area contributed by atoms with E-state index in [1.165, 1.54) is 12.1 Å². The molecule has 4 nitrogen and oxygen atoms in total. The summed E-state index contributed by atoms with van der Waals surface area (Å²) in [6.07, 6.45) is 0.913. The van der Waals surface area contributed by atoms with Crippen LogP contribution >= 0.6 is 0 Å². The van der Waals surface area contributed by atoms with Crippen LogP contribution in [-0.2, 0) is 11.3 Å². The van der Waals surface area contributed by atoms with Gasteiger partial charge in [0.15, 0.2) is 0 Å². The van der Waals surface area contributed by atoms with Gasteiger partial charge in [0.1, 0.15) is 12.4 Å². The van der Waals surface area contributed by atoms with Crippen LogP contribution in [0, 0.1) is 17.7 Å². The average Bonchev–Trinajstić information content (AvgIpc) is 2.47. The fraction of sp³-hybridized carbons (Fsp3) is 0.438. The lowest BCUT2D eigenvalue weighted by Crippen LogP contribution is -2.35. The minimum absolute atomic E-state index is 0.0615. The second-order valence-corrected chi connectivity index (χ2v) is 4.65. The molecule has 0 atom stereocenters. The molecule has 0 aliphatic carbocycles. The Balaban J connectivity index is 2.94. The van der Waals surface area contributed by atoms with Gasteiger partial charge < -0.3 is 10.4 Å². The standard InChI is InChI=1S/C16H21FN2O2/c1-3-8-19(12-16(21)18-2)11-14-6-7-15(17)10-13(14)5-4-9-20/h6-7,10,20H,3,8-9,11-12H2,1-2H3,(H,18,21). The number of carbonyl (C=O) groups excluding carboxylic acids is 1. The number of amides is 1. The molecule has 114 valence electrons. The van der Waals surface area contributed by atoms with Crippen LogP contribution in [0.4, 0.5) is 4.39 Å². The smallest absolute Gasteiger partial charge is 0.233 e. The zero-order valence-electron chi connectivity index (χ0n) is 12.4. The van der Waals surface area contributed by atoms with Gasteiger partial charge in [0.05, 0.1) is 6.54 Å². The Morgan fingerprint density at radius 2 is 2.24 bits per heavy atom. The van der Waals surface area contributed by atoms with Gasteiger partial charge >= 0.3 is 0 Å². The Bertz CT molecular complexity index is 535. The molecular weight excluding hydrogens is 271 g/mol. The highest BCUT2D eigenvalue weighted by Crippen LogP contribution is 2.13. The van der Waals surface area contributed by atoms with Crippen LogP contribution in [0.3, 0.4) is 0 Å². The number of nitrogens with one attached hydrogen (secondary N) is 1. The number of hydrogen-bond acceptors (Lipinski definition) is 3. The number of aliphatic hydroxyl groups is 1. The first-order chi connectivity index (χ1) is 10.1. The van der Waals surface area contributed by atoms with Gasteiger partial charge in [0.25, 0.3) is 0 Å². The molecule has 1 aromatic rings. The Morgan fingerprint density at radius 3 is 2.86 bits per heavy atom. The summed E-state index contributed by atoms with van der Waals surface area (Å²) in [5.41, 5.74) is 1.39. The number of aliphatic hydroxyl groups excluding tert-OH is 1. The summed E-state index contributed by atoms with van der Waals surface area (Å²) >= 11 is 0. The number of rotatable bonds is 6. The van der Waals surface area contributed by atoms with Crippen LogP contribution in [0.5, 0.6) is 0 Å².